The van der Waals surface area contributed by atoms with E-state index in [0.717, 1.165) is 10.8 Å². The number of hydrogen-bond donors (Lipinski definition) is 0. The Morgan fingerprint density at radius 3 is 2.52 bits per heavy atom. The van der Waals surface area contributed by atoms with Crippen molar-refractivity contribution in [3.8, 4) is 17.2 Å². The summed E-state index contributed by atoms with van der Waals surface area (Å²) in [5.74, 6) is 0.527. The van der Waals surface area contributed by atoms with Gasteiger partial charge in [-0.25, -0.2) is 4.79 Å². The van der Waals surface area contributed by atoms with E-state index >= 15 is 0 Å². The third kappa shape index (κ3) is 3.78. The van der Waals surface area contributed by atoms with Crippen LogP contribution in [0.2, 0.25) is 0 Å². The normalized spacial score (nSPS) is 11.9. The molecule has 1 atom stereocenters. The highest BCUT2D eigenvalue weighted by molar-refractivity contribution is 5.84. The Hall–Kier alpha value is -3.80. The van der Waals surface area contributed by atoms with Crippen molar-refractivity contribution in [2.45, 2.75) is 13.0 Å². The van der Waals surface area contributed by atoms with E-state index in [9.17, 15) is 9.59 Å². The van der Waals surface area contributed by atoms with Crippen LogP contribution in [0.25, 0.3) is 21.7 Å². The molecule has 6 nitrogen and oxygen atoms in total. The quantitative estimate of drug-likeness (QED) is 0.461. The van der Waals surface area contributed by atoms with Gasteiger partial charge >= 0.3 is 5.97 Å². The fourth-order valence-corrected chi connectivity index (χ4v) is 3.01. The fourth-order valence-electron chi connectivity index (χ4n) is 3.01. The second-order valence-electron chi connectivity index (χ2n) is 6.48. The van der Waals surface area contributed by atoms with Gasteiger partial charge in [0.25, 0.3) is 0 Å². The summed E-state index contributed by atoms with van der Waals surface area (Å²) < 4.78 is 21.5. The molecule has 0 aliphatic heterocycles. The molecule has 0 amide bonds. The van der Waals surface area contributed by atoms with Gasteiger partial charge in [0.2, 0.25) is 11.2 Å². The predicted octanol–water partition coefficient (Wildman–Crippen LogP) is 4.68. The minimum Gasteiger partial charge on any atom is -0.479 e. The van der Waals surface area contributed by atoms with Crippen molar-refractivity contribution >= 4 is 27.7 Å². The zero-order valence-corrected chi connectivity index (χ0v) is 15.9. The number of carbonyl (C=O) groups is 1. The van der Waals surface area contributed by atoms with E-state index in [0.29, 0.717) is 22.5 Å². The number of fused-ring (bicyclic) bond motifs is 2. The maximum Gasteiger partial charge on any atom is 0.346 e. The molecule has 4 aromatic rings. The van der Waals surface area contributed by atoms with Gasteiger partial charge in [-0.05, 0) is 42.0 Å². The molecule has 0 aliphatic rings. The fraction of sp³-hybridized carbons (Fsp3) is 0.130. The monoisotopic (exact) mass is 390 g/mol. The Kier molecular flexibility index (Phi) is 4.91. The van der Waals surface area contributed by atoms with Crippen molar-refractivity contribution in [3.05, 3.63) is 77.2 Å². The lowest BCUT2D eigenvalue weighted by atomic mass is 10.1. The van der Waals surface area contributed by atoms with Crippen molar-refractivity contribution in [3.63, 3.8) is 0 Å². The molecule has 0 radical (unpaired) electrons. The summed E-state index contributed by atoms with van der Waals surface area (Å²) >= 11 is 0. The smallest absolute Gasteiger partial charge is 0.346 e. The average molecular weight is 390 g/mol. The average Bonchev–Trinajstić information content (AvgIpc) is 2.75. The number of carbonyl (C=O) groups excluding carboxylic acids is 1. The lowest BCUT2D eigenvalue weighted by molar-refractivity contribution is -0.147. The van der Waals surface area contributed by atoms with Gasteiger partial charge in [-0.1, -0.05) is 30.3 Å². The Morgan fingerprint density at radius 1 is 0.966 bits per heavy atom. The van der Waals surface area contributed by atoms with E-state index in [2.05, 4.69) is 4.74 Å². The van der Waals surface area contributed by atoms with Crippen LogP contribution in [0.1, 0.15) is 6.92 Å². The molecule has 0 fully saturated rings. The summed E-state index contributed by atoms with van der Waals surface area (Å²) in [7, 11) is 1.29. The first-order valence-corrected chi connectivity index (χ1v) is 9.02. The molecule has 0 spiro atoms. The molecule has 0 N–H and O–H groups in total. The second kappa shape index (κ2) is 7.67. The van der Waals surface area contributed by atoms with Crippen LogP contribution in [0.15, 0.2) is 76.1 Å². The van der Waals surface area contributed by atoms with Crippen molar-refractivity contribution in [2.24, 2.45) is 0 Å². The standard InChI is InChI=1S/C23H18O6/c1-14(23(25)26-2)28-18-9-10-19-20(12-18)27-13-21(22(19)24)29-17-8-7-15-5-3-4-6-16(15)11-17/h3-14H,1-2H3. The maximum absolute atomic E-state index is 12.8. The molecule has 4 rings (SSSR count). The molecule has 29 heavy (non-hydrogen) atoms. The minimum absolute atomic E-state index is 0.0874. The van der Waals surface area contributed by atoms with Crippen LogP contribution >= 0.6 is 0 Å². The SMILES string of the molecule is COC(=O)C(C)Oc1ccc2c(=O)c(Oc3ccc4ccccc4c3)coc2c1. The summed E-state index contributed by atoms with van der Waals surface area (Å²) in [5, 5.41) is 2.44. The highest BCUT2D eigenvalue weighted by atomic mass is 16.6. The van der Waals surface area contributed by atoms with Crippen LogP contribution in [0.5, 0.6) is 17.2 Å². The number of hydrogen-bond acceptors (Lipinski definition) is 6. The first-order chi connectivity index (χ1) is 14.0. The van der Waals surface area contributed by atoms with Gasteiger partial charge in [0, 0.05) is 6.07 Å². The summed E-state index contributed by atoms with van der Waals surface area (Å²) in [4.78, 5) is 24.3. The van der Waals surface area contributed by atoms with E-state index in [1.54, 1.807) is 31.2 Å². The van der Waals surface area contributed by atoms with E-state index in [1.165, 1.54) is 13.4 Å². The van der Waals surface area contributed by atoms with E-state index in [4.69, 9.17) is 13.9 Å². The lowest BCUT2D eigenvalue weighted by Gasteiger charge is -2.12. The Bertz CT molecular complexity index is 1260. The summed E-state index contributed by atoms with van der Waals surface area (Å²) in [6.45, 7) is 1.58. The molecule has 6 heteroatoms. The van der Waals surface area contributed by atoms with Gasteiger partial charge in [-0.3, -0.25) is 4.79 Å². The molecule has 0 aliphatic carbocycles. The molecule has 1 aromatic heterocycles. The zero-order chi connectivity index (χ0) is 20.4. The predicted molar refractivity (Wildman–Crippen MR) is 109 cm³/mol. The topological polar surface area (TPSA) is 75.0 Å². The first-order valence-electron chi connectivity index (χ1n) is 9.02. The van der Waals surface area contributed by atoms with Crippen molar-refractivity contribution in [2.75, 3.05) is 7.11 Å². The Morgan fingerprint density at radius 2 is 1.72 bits per heavy atom. The third-order valence-electron chi connectivity index (χ3n) is 4.51. The highest BCUT2D eigenvalue weighted by Gasteiger charge is 2.16. The van der Waals surface area contributed by atoms with Crippen LogP contribution in [0.3, 0.4) is 0 Å². The molecule has 146 valence electrons. The third-order valence-corrected chi connectivity index (χ3v) is 4.51. The second-order valence-corrected chi connectivity index (χ2v) is 6.48. The van der Waals surface area contributed by atoms with Crippen molar-refractivity contribution < 1.29 is 23.4 Å². The number of rotatable bonds is 5. The number of ether oxygens (including phenoxy) is 3. The number of methoxy groups -OCH3 is 1. The molecule has 0 saturated carbocycles. The largest absolute Gasteiger partial charge is 0.479 e. The van der Waals surface area contributed by atoms with Gasteiger partial charge < -0.3 is 18.6 Å². The molecule has 0 bridgehead atoms. The summed E-state index contributed by atoms with van der Waals surface area (Å²) in [5.41, 5.74) is 0.0300. The van der Waals surface area contributed by atoms with Gasteiger partial charge in [0.15, 0.2) is 6.10 Å². The van der Waals surface area contributed by atoms with E-state index in [1.807, 2.05) is 36.4 Å². The van der Waals surface area contributed by atoms with Gasteiger partial charge in [0.1, 0.15) is 23.3 Å². The molecular weight excluding hydrogens is 372 g/mol. The highest BCUT2D eigenvalue weighted by Crippen LogP contribution is 2.27. The van der Waals surface area contributed by atoms with Crippen LogP contribution in [-0.4, -0.2) is 19.2 Å². The summed E-state index contributed by atoms with van der Waals surface area (Å²) in [6, 6.07) is 18.2. The maximum atomic E-state index is 12.8. The van der Waals surface area contributed by atoms with Crippen molar-refractivity contribution in [1.29, 1.82) is 0 Å². The minimum atomic E-state index is -0.778. The van der Waals surface area contributed by atoms with Gasteiger partial charge in [-0.2, -0.15) is 0 Å². The number of esters is 1. The van der Waals surface area contributed by atoms with Crippen LogP contribution in [0, 0.1) is 0 Å². The lowest BCUT2D eigenvalue weighted by Crippen LogP contribution is -2.24. The van der Waals surface area contributed by atoms with Crippen molar-refractivity contribution in [1.82, 2.24) is 0 Å². The molecule has 1 heterocycles. The molecule has 3 aromatic carbocycles. The first kappa shape index (κ1) is 18.6. The van der Waals surface area contributed by atoms with Gasteiger partial charge in [0.05, 0.1) is 12.5 Å². The Balaban J connectivity index is 1.62. The van der Waals surface area contributed by atoms with E-state index < -0.39 is 12.1 Å². The molecular formula is C23H18O6. The molecule has 0 saturated heterocycles. The molecule has 1 unspecified atom stereocenters. The zero-order valence-electron chi connectivity index (χ0n) is 15.9. The summed E-state index contributed by atoms with van der Waals surface area (Å²) in [6.07, 6.45) is 0.493. The van der Waals surface area contributed by atoms with Crippen LogP contribution in [-0.2, 0) is 9.53 Å². The van der Waals surface area contributed by atoms with Crippen LogP contribution in [0.4, 0.5) is 0 Å². The van der Waals surface area contributed by atoms with E-state index in [-0.39, 0.29) is 11.2 Å². The Labute approximate surface area is 166 Å². The number of benzene rings is 3. The van der Waals surface area contributed by atoms with Crippen LogP contribution < -0.4 is 14.9 Å². The van der Waals surface area contributed by atoms with Gasteiger partial charge in [-0.15, -0.1) is 0 Å².